The van der Waals surface area contributed by atoms with E-state index < -0.39 is 0 Å². The molecule has 2 aromatic heterocycles. The highest BCUT2D eigenvalue weighted by Gasteiger charge is 2.17. The van der Waals surface area contributed by atoms with Crippen LogP contribution in [-0.2, 0) is 6.54 Å². The first-order valence-corrected chi connectivity index (χ1v) is 7.16. The molecule has 0 aromatic carbocycles. The van der Waals surface area contributed by atoms with Crippen molar-refractivity contribution < 1.29 is 0 Å². The van der Waals surface area contributed by atoms with Gasteiger partial charge in [0.1, 0.15) is 4.83 Å². The van der Waals surface area contributed by atoms with E-state index in [2.05, 4.69) is 25.8 Å². The molecule has 0 aliphatic rings. The Bertz CT molecular complexity index is 713. The maximum atomic E-state index is 12.5. The molecule has 0 amide bonds. The van der Waals surface area contributed by atoms with Crippen molar-refractivity contribution in [2.75, 3.05) is 0 Å². The average Bonchev–Trinajstić information content (AvgIpc) is 2.48. The molecule has 2 heterocycles. The average molecular weight is 282 g/mol. The lowest BCUT2D eigenvalue weighted by molar-refractivity contribution is 0.335. The molecule has 18 heavy (non-hydrogen) atoms. The third kappa shape index (κ3) is 2.29. The Morgan fingerprint density at radius 1 is 1.33 bits per heavy atom. The van der Waals surface area contributed by atoms with E-state index in [0.717, 1.165) is 15.8 Å². The molecule has 0 saturated carbocycles. The summed E-state index contributed by atoms with van der Waals surface area (Å²) in [7, 11) is 0. The Kier molecular flexibility index (Phi) is 3.23. The lowest BCUT2D eigenvalue weighted by Crippen LogP contribution is -2.28. The fourth-order valence-electron chi connectivity index (χ4n) is 1.98. The highest BCUT2D eigenvalue weighted by Crippen LogP contribution is 2.26. The number of aromatic nitrogens is 2. The fraction of sp³-hybridized carbons (Fsp3) is 0.538. The monoisotopic (exact) mass is 282 g/mol. The number of nitrogens with one attached hydrogen (secondary N) is 1. The summed E-state index contributed by atoms with van der Waals surface area (Å²) < 4.78 is 2.19. The maximum Gasteiger partial charge on any atom is 0.263 e. The van der Waals surface area contributed by atoms with Crippen LogP contribution in [0.3, 0.4) is 0 Å². The minimum absolute atomic E-state index is 0.0257. The second kappa shape index (κ2) is 4.31. The zero-order valence-corrected chi connectivity index (χ0v) is 13.0. The number of hydrogen-bond donors (Lipinski definition) is 1. The number of rotatable bonds is 1. The zero-order valence-electron chi connectivity index (χ0n) is 11.4. The van der Waals surface area contributed by atoms with Gasteiger partial charge >= 0.3 is 0 Å². The summed E-state index contributed by atoms with van der Waals surface area (Å²) in [6, 6.07) is 0. The number of thiophene rings is 1. The second-order valence-electron chi connectivity index (χ2n) is 5.87. The van der Waals surface area contributed by atoms with Gasteiger partial charge in [0.05, 0.1) is 5.39 Å². The molecular weight excluding hydrogens is 264 g/mol. The SMILES string of the molecule is Cc1sc2[nH]c(=S)n(CC(C)(C)C)c(=O)c2c1C. The molecule has 3 nitrogen and oxygen atoms in total. The molecule has 5 heteroatoms. The minimum atomic E-state index is 0.0257. The standard InChI is InChI=1S/C13H18N2OS2/c1-7-8(2)18-10-9(7)11(16)15(12(17)14-10)6-13(3,4)5/h6H2,1-5H3,(H,14,17). The van der Waals surface area contributed by atoms with Crippen molar-refractivity contribution in [1.82, 2.24) is 9.55 Å². The number of H-pyrrole nitrogens is 1. The molecule has 0 aliphatic carbocycles. The van der Waals surface area contributed by atoms with E-state index in [1.165, 1.54) is 4.88 Å². The highest BCUT2D eigenvalue weighted by atomic mass is 32.1. The third-order valence-electron chi connectivity index (χ3n) is 2.94. The second-order valence-corrected chi connectivity index (χ2v) is 7.48. The first-order valence-electron chi connectivity index (χ1n) is 5.93. The summed E-state index contributed by atoms with van der Waals surface area (Å²) in [5, 5.41) is 0.787. The molecule has 0 saturated heterocycles. The molecule has 0 atom stereocenters. The highest BCUT2D eigenvalue weighted by molar-refractivity contribution is 7.71. The molecular formula is C13H18N2OS2. The van der Waals surface area contributed by atoms with Crippen molar-refractivity contribution in [2.24, 2.45) is 5.41 Å². The summed E-state index contributed by atoms with van der Waals surface area (Å²) in [4.78, 5) is 17.8. The third-order valence-corrected chi connectivity index (χ3v) is 4.39. The Morgan fingerprint density at radius 3 is 2.50 bits per heavy atom. The van der Waals surface area contributed by atoms with Crippen LogP contribution in [0.4, 0.5) is 0 Å². The van der Waals surface area contributed by atoms with Crippen LogP contribution in [-0.4, -0.2) is 9.55 Å². The first-order chi connectivity index (χ1) is 8.20. The van der Waals surface area contributed by atoms with Crippen LogP contribution in [0, 0.1) is 24.0 Å². The summed E-state index contributed by atoms with van der Waals surface area (Å²) in [5.41, 5.74) is 1.12. The zero-order chi connectivity index (χ0) is 13.7. The van der Waals surface area contributed by atoms with E-state index in [4.69, 9.17) is 12.2 Å². The van der Waals surface area contributed by atoms with E-state index in [0.29, 0.717) is 11.3 Å². The van der Waals surface area contributed by atoms with Crippen molar-refractivity contribution in [2.45, 2.75) is 41.2 Å². The Morgan fingerprint density at radius 2 is 1.94 bits per heavy atom. The van der Waals surface area contributed by atoms with Crippen LogP contribution in [0.15, 0.2) is 4.79 Å². The number of fused-ring (bicyclic) bond motifs is 1. The fourth-order valence-corrected chi connectivity index (χ4v) is 3.35. The van der Waals surface area contributed by atoms with Gasteiger partial charge in [-0.2, -0.15) is 0 Å². The minimum Gasteiger partial charge on any atom is -0.323 e. The maximum absolute atomic E-state index is 12.5. The smallest absolute Gasteiger partial charge is 0.263 e. The molecule has 0 bridgehead atoms. The van der Waals surface area contributed by atoms with E-state index in [-0.39, 0.29) is 11.0 Å². The van der Waals surface area contributed by atoms with Gasteiger partial charge in [-0.3, -0.25) is 9.36 Å². The van der Waals surface area contributed by atoms with Gasteiger partial charge in [-0.05, 0) is 37.0 Å². The van der Waals surface area contributed by atoms with Gasteiger partial charge in [0.25, 0.3) is 5.56 Å². The van der Waals surface area contributed by atoms with Gasteiger partial charge in [-0.25, -0.2) is 0 Å². The Labute approximate surface area is 115 Å². The van der Waals surface area contributed by atoms with Crippen LogP contribution in [0.2, 0.25) is 0 Å². The summed E-state index contributed by atoms with van der Waals surface area (Å²) in [6.45, 7) is 11.0. The predicted octanol–water partition coefficient (Wildman–Crippen LogP) is 3.78. The molecule has 2 aromatic rings. The molecule has 0 fully saturated rings. The summed E-state index contributed by atoms with van der Waals surface area (Å²) in [5.74, 6) is 0. The van der Waals surface area contributed by atoms with Gasteiger partial charge < -0.3 is 4.98 Å². The van der Waals surface area contributed by atoms with Crippen molar-refractivity contribution in [3.8, 4) is 0 Å². The normalized spacial score (nSPS) is 12.3. The largest absolute Gasteiger partial charge is 0.323 e. The molecule has 98 valence electrons. The Hall–Kier alpha value is -0.940. The van der Waals surface area contributed by atoms with Gasteiger partial charge in [-0.1, -0.05) is 20.8 Å². The van der Waals surface area contributed by atoms with E-state index in [1.54, 1.807) is 15.9 Å². The van der Waals surface area contributed by atoms with Crippen molar-refractivity contribution in [1.29, 1.82) is 0 Å². The van der Waals surface area contributed by atoms with Crippen molar-refractivity contribution in [3.05, 3.63) is 25.6 Å². The summed E-state index contributed by atoms with van der Waals surface area (Å²) >= 11 is 6.90. The molecule has 0 unspecified atom stereocenters. The Balaban J connectivity index is 2.80. The predicted molar refractivity (Wildman–Crippen MR) is 80.2 cm³/mol. The summed E-state index contributed by atoms with van der Waals surface area (Å²) in [6.07, 6.45) is 0. The van der Waals surface area contributed by atoms with Gasteiger partial charge in [0, 0.05) is 11.4 Å². The quantitative estimate of drug-likeness (QED) is 0.808. The van der Waals surface area contributed by atoms with Crippen LogP contribution in [0.25, 0.3) is 10.2 Å². The van der Waals surface area contributed by atoms with Crippen molar-refractivity contribution >= 4 is 33.8 Å². The van der Waals surface area contributed by atoms with Crippen LogP contribution in [0.5, 0.6) is 0 Å². The molecule has 0 radical (unpaired) electrons. The molecule has 0 spiro atoms. The van der Waals surface area contributed by atoms with Gasteiger partial charge in [-0.15, -0.1) is 11.3 Å². The van der Waals surface area contributed by atoms with E-state index in [1.807, 2.05) is 13.8 Å². The van der Waals surface area contributed by atoms with Crippen LogP contribution < -0.4 is 5.56 Å². The van der Waals surface area contributed by atoms with E-state index in [9.17, 15) is 4.79 Å². The number of hydrogen-bond acceptors (Lipinski definition) is 3. The number of nitrogens with zero attached hydrogens (tertiary/aromatic N) is 1. The molecule has 1 N–H and O–H groups in total. The van der Waals surface area contributed by atoms with Gasteiger partial charge in [0.15, 0.2) is 4.77 Å². The van der Waals surface area contributed by atoms with E-state index >= 15 is 0 Å². The number of aryl methyl sites for hydroxylation is 2. The molecule has 2 rings (SSSR count). The van der Waals surface area contributed by atoms with Gasteiger partial charge in [0.2, 0.25) is 0 Å². The van der Waals surface area contributed by atoms with Crippen LogP contribution >= 0.6 is 23.6 Å². The van der Waals surface area contributed by atoms with Crippen molar-refractivity contribution in [3.63, 3.8) is 0 Å². The van der Waals surface area contributed by atoms with Crippen LogP contribution in [0.1, 0.15) is 31.2 Å². The lowest BCUT2D eigenvalue weighted by Gasteiger charge is -2.19. The lowest BCUT2D eigenvalue weighted by atomic mass is 9.97. The topological polar surface area (TPSA) is 37.8 Å². The molecule has 0 aliphatic heterocycles. The first kappa shape index (κ1) is 13.5. The number of aromatic amines is 1.